The van der Waals surface area contributed by atoms with Gasteiger partial charge in [-0.15, -0.1) is 23.1 Å². The van der Waals surface area contributed by atoms with Gasteiger partial charge in [0.2, 0.25) is 0 Å². The number of thioether (sulfide) groups is 1. The summed E-state index contributed by atoms with van der Waals surface area (Å²) < 4.78 is 5.77. The second-order valence-corrected chi connectivity index (χ2v) is 7.34. The molecule has 0 saturated carbocycles. The normalized spacial score (nSPS) is 15.5. The van der Waals surface area contributed by atoms with Gasteiger partial charge in [-0.3, -0.25) is 14.5 Å². The molecule has 1 saturated heterocycles. The fraction of sp³-hybridized carbons (Fsp3) is 0.462. The van der Waals surface area contributed by atoms with E-state index < -0.39 is 24.0 Å². The Morgan fingerprint density at radius 3 is 2.91 bits per heavy atom. The van der Waals surface area contributed by atoms with Gasteiger partial charge in [0.1, 0.15) is 0 Å². The fourth-order valence-electron chi connectivity index (χ4n) is 1.85. The Morgan fingerprint density at radius 1 is 1.55 bits per heavy atom. The molecule has 1 aliphatic heterocycles. The lowest BCUT2D eigenvalue weighted by atomic mass is 10.3. The minimum atomic E-state index is -0.965. The number of imide groups is 1. The SMILES string of the molecule is C[C@@H](OC(=O)CSCc1ccc(Cl)s1)C(=O)N1CCNC1=O. The van der Waals surface area contributed by atoms with Crippen LogP contribution >= 0.6 is 34.7 Å². The summed E-state index contributed by atoms with van der Waals surface area (Å²) in [6.07, 6.45) is -0.965. The van der Waals surface area contributed by atoms with Crippen LogP contribution in [0.4, 0.5) is 4.79 Å². The van der Waals surface area contributed by atoms with Crippen molar-refractivity contribution in [3.8, 4) is 0 Å². The largest absolute Gasteiger partial charge is 0.452 e. The van der Waals surface area contributed by atoms with E-state index in [0.717, 1.165) is 9.78 Å². The summed E-state index contributed by atoms with van der Waals surface area (Å²) in [7, 11) is 0. The summed E-state index contributed by atoms with van der Waals surface area (Å²) >= 11 is 8.67. The van der Waals surface area contributed by atoms with Crippen LogP contribution in [0, 0.1) is 0 Å². The highest BCUT2D eigenvalue weighted by Gasteiger charge is 2.31. The van der Waals surface area contributed by atoms with Crippen molar-refractivity contribution < 1.29 is 19.1 Å². The number of esters is 1. The van der Waals surface area contributed by atoms with Gasteiger partial charge in [0, 0.05) is 23.7 Å². The van der Waals surface area contributed by atoms with Gasteiger partial charge in [0.15, 0.2) is 6.10 Å². The predicted octanol–water partition coefficient (Wildman–Crippen LogP) is 2.12. The van der Waals surface area contributed by atoms with E-state index in [1.54, 1.807) is 0 Å². The van der Waals surface area contributed by atoms with Crippen molar-refractivity contribution in [1.29, 1.82) is 0 Å². The summed E-state index contributed by atoms with van der Waals surface area (Å²) in [5.41, 5.74) is 0. The molecule has 0 spiro atoms. The van der Waals surface area contributed by atoms with Crippen LogP contribution in [0.1, 0.15) is 11.8 Å². The number of nitrogens with zero attached hydrogens (tertiary/aromatic N) is 1. The molecule has 2 rings (SSSR count). The molecule has 1 aromatic heterocycles. The lowest BCUT2D eigenvalue weighted by Crippen LogP contribution is -2.42. The Bertz CT molecular complexity index is 578. The van der Waals surface area contributed by atoms with E-state index in [0.29, 0.717) is 23.2 Å². The van der Waals surface area contributed by atoms with Crippen LogP contribution in [0.25, 0.3) is 0 Å². The molecular formula is C13H15ClN2O4S2. The molecule has 1 fully saturated rings. The first kappa shape index (κ1) is 17.1. The topological polar surface area (TPSA) is 75.7 Å². The maximum Gasteiger partial charge on any atom is 0.324 e. The number of rotatable bonds is 6. The van der Waals surface area contributed by atoms with E-state index in [2.05, 4.69) is 5.32 Å². The smallest absolute Gasteiger partial charge is 0.324 e. The first-order valence-electron chi connectivity index (χ1n) is 6.58. The molecule has 6 nitrogen and oxygen atoms in total. The molecular weight excluding hydrogens is 348 g/mol. The van der Waals surface area contributed by atoms with E-state index in [4.69, 9.17) is 16.3 Å². The van der Waals surface area contributed by atoms with Crippen molar-refractivity contribution in [2.75, 3.05) is 18.8 Å². The average Bonchev–Trinajstić information content (AvgIpc) is 3.06. The van der Waals surface area contributed by atoms with Gasteiger partial charge in [0.05, 0.1) is 10.1 Å². The standard InChI is InChI=1S/C13H15ClN2O4S2/c1-8(12(18)16-5-4-15-13(16)19)20-11(17)7-21-6-9-2-3-10(14)22-9/h2-3,8H,4-7H2,1H3,(H,15,19)/t8-/m1/s1. The second kappa shape index (κ2) is 7.85. The quantitative estimate of drug-likeness (QED) is 0.784. The van der Waals surface area contributed by atoms with Crippen LogP contribution < -0.4 is 5.32 Å². The Morgan fingerprint density at radius 2 is 2.32 bits per heavy atom. The monoisotopic (exact) mass is 362 g/mol. The number of urea groups is 1. The first-order valence-corrected chi connectivity index (χ1v) is 8.93. The molecule has 1 aliphatic rings. The van der Waals surface area contributed by atoms with Crippen LogP contribution in [0.15, 0.2) is 12.1 Å². The van der Waals surface area contributed by atoms with E-state index in [1.165, 1.54) is 30.0 Å². The van der Waals surface area contributed by atoms with Gasteiger partial charge >= 0.3 is 12.0 Å². The van der Waals surface area contributed by atoms with Gasteiger partial charge in [-0.05, 0) is 19.1 Å². The van der Waals surface area contributed by atoms with Crippen molar-refractivity contribution >= 4 is 52.6 Å². The van der Waals surface area contributed by atoms with E-state index in [-0.39, 0.29) is 5.75 Å². The van der Waals surface area contributed by atoms with Crippen LogP contribution in [0.5, 0.6) is 0 Å². The van der Waals surface area contributed by atoms with E-state index in [9.17, 15) is 14.4 Å². The fourth-order valence-corrected chi connectivity index (χ4v) is 3.85. The van der Waals surface area contributed by atoms with Crippen molar-refractivity contribution in [2.24, 2.45) is 0 Å². The Balaban J connectivity index is 1.71. The molecule has 0 aliphatic carbocycles. The molecule has 0 aromatic carbocycles. The molecule has 0 radical (unpaired) electrons. The van der Waals surface area contributed by atoms with E-state index in [1.807, 2.05) is 12.1 Å². The molecule has 1 atom stereocenters. The van der Waals surface area contributed by atoms with Gasteiger partial charge < -0.3 is 10.1 Å². The number of nitrogens with one attached hydrogen (secondary N) is 1. The molecule has 9 heteroatoms. The summed E-state index contributed by atoms with van der Waals surface area (Å²) in [4.78, 5) is 37.2. The number of hydrogen-bond acceptors (Lipinski definition) is 6. The zero-order chi connectivity index (χ0) is 16.1. The summed E-state index contributed by atoms with van der Waals surface area (Å²) in [6, 6.07) is 3.27. The Hall–Kier alpha value is -1.25. The third kappa shape index (κ3) is 4.62. The number of carbonyl (C=O) groups is 3. The zero-order valence-electron chi connectivity index (χ0n) is 11.8. The van der Waals surface area contributed by atoms with Crippen LogP contribution in [-0.2, 0) is 20.1 Å². The second-order valence-electron chi connectivity index (χ2n) is 4.55. The van der Waals surface area contributed by atoms with Crippen molar-refractivity contribution in [3.05, 3.63) is 21.3 Å². The molecule has 1 N–H and O–H groups in total. The highest BCUT2D eigenvalue weighted by molar-refractivity contribution is 7.99. The molecule has 0 bridgehead atoms. The van der Waals surface area contributed by atoms with Gasteiger partial charge in [-0.2, -0.15) is 0 Å². The molecule has 3 amide bonds. The minimum absolute atomic E-state index is 0.138. The molecule has 2 heterocycles. The summed E-state index contributed by atoms with van der Waals surface area (Å²) in [5.74, 6) is -0.186. The predicted molar refractivity (Wildman–Crippen MR) is 86.2 cm³/mol. The summed E-state index contributed by atoms with van der Waals surface area (Å²) in [6.45, 7) is 2.19. The molecule has 0 unspecified atom stereocenters. The maximum absolute atomic E-state index is 12.0. The highest BCUT2D eigenvalue weighted by atomic mass is 35.5. The van der Waals surface area contributed by atoms with Gasteiger partial charge in [0.25, 0.3) is 5.91 Å². The molecule has 1 aromatic rings. The van der Waals surface area contributed by atoms with Crippen LogP contribution in [0.3, 0.4) is 0 Å². The van der Waals surface area contributed by atoms with Crippen molar-refractivity contribution in [1.82, 2.24) is 10.2 Å². The highest BCUT2D eigenvalue weighted by Crippen LogP contribution is 2.25. The minimum Gasteiger partial charge on any atom is -0.452 e. The lowest BCUT2D eigenvalue weighted by Gasteiger charge is -2.18. The Kier molecular flexibility index (Phi) is 6.10. The number of amides is 3. The number of carbonyl (C=O) groups excluding carboxylic acids is 3. The third-order valence-corrected chi connectivity index (χ3v) is 5.24. The third-order valence-electron chi connectivity index (χ3n) is 2.87. The van der Waals surface area contributed by atoms with Crippen LogP contribution in [-0.4, -0.2) is 47.8 Å². The molecule has 22 heavy (non-hydrogen) atoms. The van der Waals surface area contributed by atoms with Crippen molar-refractivity contribution in [3.63, 3.8) is 0 Å². The number of thiophene rings is 1. The van der Waals surface area contributed by atoms with Crippen molar-refractivity contribution in [2.45, 2.75) is 18.8 Å². The van der Waals surface area contributed by atoms with Gasteiger partial charge in [-0.1, -0.05) is 11.6 Å². The maximum atomic E-state index is 12.0. The first-order chi connectivity index (χ1) is 10.5. The number of ether oxygens (including phenoxy) is 1. The van der Waals surface area contributed by atoms with Crippen LogP contribution in [0.2, 0.25) is 4.34 Å². The van der Waals surface area contributed by atoms with E-state index >= 15 is 0 Å². The molecule has 120 valence electrons. The Labute approximate surface area is 141 Å². The summed E-state index contributed by atoms with van der Waals surface area (Å²) in [5, 5.41) is 2.53. The lowest BCUT2D eigenvalue weighted by molar-refractivity contribution is -0.155. The number of hydrogen-bond donors (Lipinski definition) is 1. The average molecular weight is 363 g/mol. The number of halogens is 1. The van der Waals surface area contributed by atoms with Gasteiger partial charge in [-0.25, -0.2) is 4.79 Å². The zero-order valence-corrected chi connectivity index (χ0v) is 14.2.